The smallest absolute Gasteiger partial charge is 0.272 e. The first-order chi connectivity index (χ1) is 14.3. The van der Waals surface area contributed by atoms with Crippen LogP contribution in [0, 0.1) is 0 Å². The molecular formula is C21H19N7O. The zero-order valence-corrected chi connectivity index (χ0v) is 15.7. The monoisotopic (exact) mass is 385 g/mol. The van der Waals surface area contributed by atoms with Crippen molar-refractivity contribution in [2.75, 3.05) is 31.1 Å². The Bertz CT molecular complexity index is 1150. The highest BCUT2D eigenvalue weighted by Crippen LogP contribution is 2.18. The van der Waals surface area contributed by atoms with Gasteiger partial charge in [-0.15, -0.1) is 0 Å². The Morgan fingerprint density at radius 1 is 0.897 bits per heavy atom. The molecule has 0 radical (unpaired) electrons. The van der Waals surface area contributed by atoms with Gasteiger partial charge in [-0.1, -0.05) is 24.3 Å². The topological polar surface area (TPSA) is 80.0 Å². The minimum absolute atomic E-state index is 0.0321. The third-order valence-electron chi connectivity index (χ3n) is 5.09. The van der Waals surface area contributed by atoms with Gasteiger partial charge in [0.25, 0.3) is 5.91 Å². The number of carbonyl (C=O) groups is 1. The average Bonchev–Trinajstić information content (AvgIpc) is 3.34. The summed E-state index contributed by atoms with van der Waals surface area (Å²) in [6, 6.07) is 15.3. The number of para-hydroxylation sites is 1. The van der Waals surface area contributed by atoms with Crippen LogP contribution in [0.3, 0.4) is 0 Å². The van der Waals surface area contributed by atoms with Crippen LogP contribution in [0.15, 0.2) is 67.3 Å². The lowest BCUT2D eigenvalue weighted by Crippen LogP contribution is -2.49. The molecule has 8 nitrogen and oxygen atoms in total. The number of fused-ring (bicyclic) bond motifs is 1. The van der Waals surface area contributed by atoms with Crippen molar-refractivity contribution in [2.24, 2.45) is 0 Å². The predicted octanol–water partition coefficient (Wildman–Crippen LogP) is 2.17. The summed E-state index contributed by atoms with van der Waals surface area (Å²) in [4.78, 5) is 30.1. The molecule has 1 aliphatic heterocycles. The number of rotatable bonds is 3. The summed E-state index contributed by atoms with van der Waals surface area (Å²) in [6.45, 7) is 2.65. The molecule has 0 saturated carbocycles. The molecule has 144 valence electrons. The van der Waals surface area contributed by atoms with Gasteiger partial charge in [-0.3, -0.25) is 4.79 Å². The van der Waals surface area contributed by atoms with Crippen molar-refractivity contribution in [1.82, 2.24) is 29.6 Å². The number of pyridine rings is 1. The number of piperazine rings is 1. The molecule has 4 aromatic rings. The molecule has 0 N–H and O–H groups in total. The van der Waals surface area contributed by atoms with Gasteiger partial charge in [0.05, 0.1) is 5.52 Å². The third kappa shape index (κ3) is 3.40. The number of amides is 1. The van der Waals surface area contributed by atoms with Gasteiger partial charge in [-0.25, -0.2) is 19.6 Å². The van der Waals surface area contributed by atoms with Crippen LogP contribution in [-0.4, -0.2) is 61.7 Å². The normalized spacial score (nSPS) is 14.3. The van der Waals surface area contributed by atoms with Crippen LogP contribution in [0.4, 0.5) is 5.82 Å². The zero-order valence-electron chi connectivity index (χ0n) is 15.7. The molecular weight excluding hydrogens is 366 g/mol. The van der Waals surface area contributed by atoms with Crippen LogP contribution < -0.4 is 4.90 Å². The SMILES string of the molecule is O=C(c1ccc2ccccc2n1)N1CCN(c2cc(-n3cccn3)ncn2)CC1. The lowest BCUT2D eigenvalue weighted by atomic mass is 10.2. The number of hydrogen-bond donors (Lipinski definition) is 0. The number of carbonyl (C=O) groups excluding carboxylic acids is 1. The predicted molar refractivity (Wildman–Crippen MR) is 109 cm³/mol. The van der Waals surface area contributed by atoms with E-state index >= 15 is 0 Å². The molecule has 4 heterocycles. The molecule has 1 aromatic carbocycles. The summed E-state index contributed by atoms with van der Waals surface area (Å²) in [5.41, 5.74) is 1.32. The Morgan fingerprint density at radius 3 is 2.55 bits per heavy atom. The highest BCUT2D eigenvalue weighted by Gasteiger charge is 2.24. The van der Waals surface area contributed by atoms with Crippen LogP contribution in [0.5, 0.6) is 0 Å². The van der Waals surface area contributed by atoms with E-state index in [-0.39, 0.29) is 5.91 Å². The van der Waals surface area contributed by atoms with Crippen molar-refractivity contribution in [3.63, 3.8) is 0 Å². The lowest BCUT2D eigenvalue weighted by Gasteiger charge is -2.35. The molecule has 1 saturated heterocycles. The number of aromatic nitrogens is 5. The fraction of sp³-hybridized carbons (Fsp3) is 0.190. The van der Waals surface area contributed by atoms with Gasteiger partial charge in [0, 0.05) is 50.0 Å². The summed E-state index contributed by atoms with van der Waals surface area (Å²) in [5, 5.41) is 5.24. The molecule has 29 heavy (non-hydrogen) atoms. The van der Waals surface area contributed by atoms with Crippen molar-refractivity contribution in [3.05, 3.63) is 72.9 Å². The second-order valence-electron chi connectivity index (χ2n) is 6.85. The van der Waals surface area contributed by atoms with E-state index in [0.717, 1.165) is 22.5 Å². The average molecular weight is 385 g/mol. The molecule has 1 aliphatic rings. The van der Waals surface area contributed by atoms with E-state index < -0.39 is 0 Å². The minimum atomic E-state index is -0.0321. The zero-order chi connectivity index (χ0) is 19.6. The molecule has 5 rings (SSSR count). The van der Waals surface area contributed by atoms with Crippen LogP contribution in [-0.2, 0) is 0 Å². The molecule has 0 aliphatic carbocycles. The minimum Gasteiger partial charge on any atom is -0.353 e. The van der Waals surface area contributed by atoms with E-state index in [1.165, 1.54) is 0 Å². The quantitative estimate of drug-likeness (QED) is 0.538. The fourth-order valence-corrected chi connectivity index (χ4v) is 3.53. The molecule has 0 atom stereocenters. The Kier molecular flexibility index (Phi) is 4.36. The largest absolute Gasteiger partial charge is 0.353 e. The van der Waals surface area contributed by atoms with Crippen LogP contribution >= 0.6 is 0 Å². The Balaban J connectivity index is 1.28. The highest BCUT2D eigenvalue weighted by atomic mass is 16.2. The van der Waals surface area contributed by atoms with Crippen LogP contribution in [0.25, 0.3) is 16.7 Å². The second-order valence-corrected chi connectivity index (χ2v) is 6.85. The van der Waals surface area contributed by atoms with Crippen LogP contribution in [0.2, 0.25) is 0 Å². The number of hydrogen-bond acceptors (Lipinski definition) is 6. The molecule has 1 fully saturated rings. The van der Waals surface area contributed by atoms with E-state index in [9.17, 15) is 4.79 Å². The molecule has 1 amide bonds. The summed E-state index contributed by atoms with van der Waals surface area (Å²) in [5.74, 6) is 1.52. The first kappa shape index (κ1) is 17.3. The van der Waals surface area contributed by atoms with E-state index in [1.807, 2.05) is 53.6 Å². The molecule has 0 unspecified atom stereocenters. The first-order valence-electron chi connectivity index (χ1n) is 9.50. The van der Waals surface area contributed by atoms with E-state index in [2.05, 4.69) is 25.0 Å². The Hall–Kier alpha value is -3.81. The molecule has 0 bridgehead atoms. The summed E-state index contributed by atoms with van der Waals surface area (Å²) in [7, 11) is 0. The van der Waals surface area contributed by atoms with Gasteiger partial charge in [-0.2, -0.15) is 5.10 Å². The van der Waals surface area contributed by atoms with Gasteiger partial charge < -0.3 is 9.80 Å². The number of benzene rings is 1. The van der Waals surface area contributed by atoms with Gasteiger partial charge in [0.1, 0.15) is 17.8 Å². The highest BCUT2D eigenvalue weighted by molar-refractivity contribution is 5.95. The van der Waals surface area contributed by atoms with Gasteiger partial charge in [0.15, 0.2) is 5.82 Å². The first-order valence-corrected chi connectivity index (χ1v) is 9.50. The van der Waals surface area contributed by atoms with E-state index in [0.29, 0.717) is 31.9 Å². The van der Waals surface area contributed by atoms with Crippen molar-refractivity contribution in [1.29, 1.82) is 0 Å². The fourth-order valence-electron chi connectivity index (χ4n) is 3.53. The molecule has 3 aromatic heterocycles. The van der Waals surface area contributed by atoms with Crippen molar-refractivity contribution < 1.29 is 4.79 Å². The van der Waals surface area contributed by atoms with Crippen molar-refractivity contribution in [3.8, 4) is 5.82 Å². The number of anilines is 1. The van der Waals surface area contributed by atoms with Gasteiger partial charge in [0.2, 0.25) is 0 Å². The maximum atomic E-state index is 12.9. The summed E-state index contributed by atoms with van der Waals surface area (Å²) in [6.07, 6.45) is 5.11. The lowest BCUT2D eigenvalue weighted by molar-refractivity contribution is 0.0741. The Labute approximate surface area is 167 Å². The van der Waals surface area contributed by atoms with Crippen LogP contribution in [0.1, 0.15) is 10.5 Å². The van der Waals surface area contributed by atoms with E-state index in [4.69, 9.17) is 0 Å². The maximum Gasteiger partial charge on any atom is 0.272 e. The standard InChI is InChI=1S/C21H19N7O/c29-21(18-7-6-16-4-1-2-5-17(16)25-18)27-12-10-26(11-13-27)19-14-20(23-15-22-19)28-9-3-8-24-28/h1-9,14-15H,10-13H2. The van der Waals surface area contributed by atoms with Crippen molar-refractivity contribution in [2.45, 2.75) is 0 Å². The van der Waals surface area contributed by atoms with Crippen molar-refractivity contribution >= 4 is 22.6 Å². The number of nitrogens with zero attached hydrogens (tertiary/aromatic N) is 7. The Morgan fingerprint density at radius 2 is 1.72 bits per heavy atom. The summed E-state index contributed by atoms with van der Waals surface area (Å²) < 4.78 is 1.70. The van der Waals surface area contributed by atoms with Gasteiger partial charge in [-0.05, 0) is 18.2 Å². The molecule has 0 spiro atoms. The summed E-state index contributed by atoms with van der Waals surface area (Å²) >= 11 is 0. The van der Waals surface area contributed by atoms with E-state index in [1.54, 1.807) is 23.3 Å². The second kappa shape index (κ2) is 7.31. The third-order valence-corrected chi connectivity index (χ3v) is 5.09. The van der Waals surface area contributed by atoms with Gasteiger partial charge >= 0.3 is 0 Å². The maximum absolute atomic E-state index is 12.9. The molecule has 8 heteroatoms.